The molecule has 2 N–H and O–H groups in total. The van der Waals surface area contributed by atoms with Crippen LogP contribution in [0.3, 0.4) is 0 Å². The number of nitriles is 1. The number of nitrogens with one attached hydrogen (secondary N) is 2. The second kappa shape index (κ2) is 11.2. The van der Waals surface area contributed by atoms with Gasteiger partial charge < -0.3 is 10.6 Å². The smallest absolute Gasteiger partial charge is 0.191 e. The van der Waals surface area contributed by atoms with Gasteiger partial charge in [0, 0.05) is 38.1 Å². The van der Waals surface area contributed by atoms with E-state index in [1.165, 1.54) is 23.8 Å². The summed E-state index contributed by atoms with van der Waals surface area (Å²) in [5.41, 5.74) is 3.06. The van der Waals surface area contributed by atoms with Crippen LogP contribution in [-0.4, -0.2) is 29.3 Å². The van der Waals surface area contributed by atoms with Crippen LogP contribution in [0.1, 0.15) is 16.7 Å². The van der Waals surface area contributed by atoms with Crippen LogP contribution in [-0.2, 0) is 13.0 Å². The number of guanidine groups is 1. The first-order chi connectivity index (χ1) is 13.7. The molecule has 0 fully saturated rings. The van der Waals surface area contributed by atoms with Crippen molar-refractivity contribution in [1.82, 2.24) is 20.4 Å². The Labute approximate surface area is 186 Å². The van der Waals surface area contributed by atoms with Gasteiger partial charge in [-0.2, -0.15) is 10.4 Å². The Balaban J connectivity index is 0.00000300. The molecule has 2 aromatic carbocycles. The third-order valence-electron chi connectivity index (χ3n) is 4.26. The molecule has 0 saturated carbocycles. The average Bonchev–Trinajstić information content (AvgIpc) is 3.27. The lowest BCUT2D eigenvalue weighted by molar-refractivity contribution is 0.604. The lowest BCUT2D eigenvalue weighted by Gasteiger charge is -2.13. The van der Waals surface area contributed by atoms with Crippen LogP contribution in [0.5, 0.6) is 0 Å². The second-order valence-corrected chi connectivity index (χ2v) is 6.14. The van der Waals surface area contributed by atoms with Gasteiger partial charge in [0.15, 0.2) is 5.96 Å². The lowest BCUT2D eigenvalue weighted by atomic mass is 10.1. The molecule has 1 aromatic heterocycles. The normalized spacial score (nSPS) is 10.7. The van der Waals surface area contributed by atoms with Crippen molar-refractivity contribution in [3.8, 4) is 11.8 Å². The zero-order chi connectivity index (χ0) is 19.8. The molecule has 0 aliphatic heterocycles. The number of halogens is 2. The number of benzene rings is 2. The van der Waals surface area contributed by atoms with E-state index in [1.54, 1.807) is 13.2 Å². The third-order valence-corrected chi connectivity index (χ3v) is 4.26. The zero-order valence-corrected chi connectivity index (χ0v) is 18.3. The molecule has 8 heteroatoms. The van der Waals surface area contributed by atoms with E-state index >= 15 is 0 Å². The first-order valence-corrected chi connectivity index (χ1v) is 8.91. The highest BCUT2D eigenvalue weighted by atomic mass is 127. The fraction of sp³-hybridized carbons (Fsp3) is 0.190. The second-order valence-electron chi connectivity index (χ2n) is 6.14. The summed E-state index contributed by atoms with van der Waals surface area (Å²) in [5, 5.41) is 19.4. The number of aromatic nitrogens is 2. The molecule has 29 heavy (non-hydrogen) atoms. The molecule has 0 saturated heterocycles. The Hall–Kier alpha value is -2.93. The van der Waals surface area contributed by atoms with Crippen LogP contribution in [0, 0.1) is 17.1 Å². The maximum absolute atomic E-state index is 13.9. The fourth-order valence-corrected chi connectivity index (χ4v) is 2.74. The molecule has 0 amide bonds. The van der Waals surface area contributed by atoms with Gasteiger partial charge in [-0.1, -0.05) is 12.1 Å². The van der Waals surface area contributed by atoms with Gasteiger partial charge >= 0.3 is 0 Å². The molecule has 0 radical (unpaired) electrons. The molecule has 0 bridgehead atoms. The van der Waals surface area contributed by atoms with E-state index in [9.17, 15) is 4.39 Å². The van der Waals surface area contributed by atoms with Crippen molar-refractivity contribution in [3.05, 3.63) is 83.4 Å². The first kappa shape index (κ1) is 22.4. The van der Waals surface area contributed by atoms with E-state index in [1.807, 2.05) is 35.1 Å². The molecular formula is C21H22FIN6. The van der Waals surface area contributed by atoms with Gasteiger partial charge in [-0.25, -0.2) is 9.07 Å². The van der Waals surface area contributed by atoms with Crippen molar-refractivity contribution < 1.29 is 4.39 Å². The Morgan fingerprint density at radius 3 is 2.66 bits per heavy atom. The van der Waals surface area contributed by atoms with Gasteiger partial charge in [0.1, 0.15) is 5.82 Å². The van der Waals surface area contributed by atoms with Gasteiger partial charge in [-0.05, 0) is 48.4 Å². The number of rotatable bonds is 6. The highest BCUT2D eigenvalue weighted by molar-refractivity contribution is 14.0. The summed E-state index contributed by atoms with van der Waals surface area (Å²) in [7, 11) is 1.66. The molecule has 0 aliphatic rings. The van der Waals surface area contributed by atoms with E-state index in [0.29, 0.717) is 23.6 Å². The Morgan fingerprint density at radius 2 is 2.00 bits per heavy atom. The van der Waals surface area contributed by atoms with Gasteiger partial charge in [0.2, 0.25) is 0 Å². The quantitative estimate of drug-likeness (QED) is 0.307. The molecule has 0 aliphatic carbocycles. The van der Waals surface area contributed by atoms with Crippen LogP contribution < -0.4 is 10.6 Å². The average molecular weight is 504 g/mol. The molecule has 0 atom stereocenters. The minimum absolute atomic E-state index is 0. The number of hydrogen-bond donors (Lipinski definition) is 2. The summed E-state index contributed by atoms with van der Waals surface area (Å²) >= 11 is 0. The third kappa shape index (κ3) is 6.29. The standard InChI is InChI=1S/C21H21FN6.HI/c1-24-21(26-15-18-13-17(14-23)5-8-20(18)22)25-11-9-16-3-6-19(7-4-16)28-12-2-10-27-28;/h2-8,10,12-13H,9,11,15H2,1H3,(H2,24,25,26);1H. The van der Waals surface area contributed by atoms with Gasteiger partial charge in [0.05, 0.1) is 17.3 Å². The van der Waals surface area contributed by atoms with Crippen molar-refractivity contribution in [2.24, 2.45) is 4.99 Å². The van der Waals surface area contributed by atoms with Crippen LogP contribution in [0.2, 0.25) is 0 Å². The molecule has 0 spiro atoms. The highest BCUT2D eigenvalue weighted by Crippen LogP contribution is 2.10. The summed E-state index contributed by atoms with van der Waals surface area (Å²) in [5.74, 6) is 0.231. The topological polar surface area (TPSA) is 78.0 Å². The molecule has 3 aromatic rings. The van der Waals surface area contributed by atoms with Crippen molar-refractivity contribution in [3.63, 3.8) is 0 Å². The van der Waals surface area contributed by atoms with Gasteiger partial charge in [0.25, 0.3) is 0 Å². The largest absolute Gasteiger partial charge is 0.356 e. The Morgan fingerprint density at radius 1 is 1.21 bits per heavy atom. The van der Waals surface area contributed by atoms with Crippen molar-refractivity contribution >= 4 is 29.9 Å². The molecule has 0 unspecified atom stereocenters. The maximum atomic E-state index is 13.9. The zero-order valence-electron chi connectivity index (χ0n) is 16.0. The Bertz CT molecular complexity index is 977. The van der Waals surface area contributed by atoms with Crippen LogP contribution in [0.4, 0.5) is 4.39 Å². The van der Waals surface area contributed by atoms with Crippen molar-refractivity contribution in [1.29, 1.82) is 5.26 Å². The minimum Gasteiger partial charge on any atom is -0.356 e. The number of aliphatic imine (C=N–C) groups is 1. The van der Waals surface area contributed by atoms with E-state index < -0.39 is 0 Å². The number of nitrogens with zero attached hydrogens (tertiary/aromatic N) is 4. The summed E-state index contributed by atoms with van der Waals surface area (Å²) in [4.78, 5) is 4.15. The monoisotopic (exact) mass is 504 g/mol. The fourth-order valence-electron chi connectivity index (χ4n) is 2.74. The van der Waals surface area contributed by atoms with Crippen LogP contribution in [0.25, 0.3) is 5.69 Å². The number of hydrogen-bond acceptors (Lipinski definition) is 3. The van der Waals surface area contributed by atoms with Crippen molar-refractivity contribution in [2.45, 2.75) is 13.0 Å². The molecular weight excluding hydrogens is 482 g/mol. The first-order valence-electron chi connectivity index (χ1n) is 8.91. The summed E-state index contributed by atoms with van der Waals surface area (Å²) in [6.07, 6.45) is 4.47. The lowest BCUT2D eigenvalue weighted by Crippen LogP contribution is -2.38. The van der Waals surface area contributed by atoms with E-state index in [2.05, 4.69) is 32.9 Å². The van der Waals surface area contributed by atoms with E-state index in [4.69, 9.17) is 5.26 Å². The Kier molecular flexibility index (Phi) is 8.61. The minimum atomic E-state index is -0.348. The molecule has 150 valence electrons. The van der Waals surface area contributed by atoms with Gasteiger partial charge in [-0.15, -0.1) is 24.0 Å². The van der Waals surface area contributed by atoms with E-state index in [0.717, 1.165) is 12.1 Å². The predicted molar refractivity (Wildman–Crippen MR) is 122 cm³/mol. The van der Waals surface area contributed by atoms with Crippen LogP contribution >= 0.6 is 24.0 Å². The summed E-state index contributed by atoms with van der Waals surface area (Å²) < 4.78 is 15.7. The maximum Gasteiger partial charge on any atom is 0.191 e. The SMILES string of the molecule is CN=C(NCCc1ccc(-n2cccn2)cc1)NCc1cc(C#N)ccc1F.I. The van der Waals surface area contributed by atoms with Crippen molar-refractivity contribution in [2.75, 3.05) is 13.6 Å². The highest BCUT2D eigenvalue weighted by Gasteiger charge is 2.05. The molecule has 3 rings (SSSR count). The molecule has 1 heterocycles. The van der Waals surface area contributed by atoms with Crippen LogP contribution in [0.15, 0.2) is 65.9 Å². The molecule has 6 nitrogen and oxygen atoms in total. The summed E-state index contributed by atoms with van der Waals surface area (Å²) in [6.45, 7) is 0.932. The predicted octanol–water partition coefficient (Wildman–Crippen LogP) is 3.41. The van der Waals surface area contributed by atoms with E-state index in [-0.39, 0.29) is 36.3 Å². The summed E-state index contributed by atoms with van der Waals surface area (Å²) in [6, 6.07) is 16.4. The van der Waals surface area contributed by atoms with Gasteiger partial charge in [-0.3, -0.25) is 4.99 Å².